The van der Waals surface area contributed by atoms with Gasteiger partial charge in [0.05, 0.1) is 6.61 Å². The van der Waals surface area contributed by atoms with E-state index in [0.717, 1.165) is 0 Å². The van der Waals surface area contributed by atoms with Crippen LogP contribution in [0.5, 0.6) is 0 Å². The van der Waals surface area contributed by atoms with Gasteiger partial charge < -0.3 is 29.9 Å². The molecule has 1 rings (SSSR count). The maximum absolute atomic E-state index is 9.41. The van der Waals surface area contributed by atoms with Crippen LogP contribution < -0.4 is 0 Å². The van der Waals surface area contributed by atoms with E-state index >= 15 is 0 Å². The van der Waals surface area contributed by atoms with Gasteiger partial charge in [0.2, 0.25) is 0 Å². The minimum Gasteiger partial charge on any atom is -0.394 e. The Bertz CT molecular complexity index is 176. The van der Waals surface area contributed by atoms with E-state index in [-0.39, 0.29) is 4.61 Å². The molecule has 0 radical (unpaired) electrons. The van der Waals surface area contributed by atoms with Crippen molar-refractivity contribution in [1.29, 1.82) is 0 Å². The Hall–Kier alpha value is 0.490. The van der Waals surface area contributed by atoms with Gasteiger partial charge in [-0.05, 0) is 0 Å². The molecular weight excluding hydrogens is 303 g/mol. The molecule has 0 aromatic carbocycles. The van der Waals surface area contributed by atoms with E-state index in [1.165, 1.54) is 0 Å². The molecule has 1 heterocycles. The predicted octanol–water partition coefficient (Wildman–Crippen LogP) is -1.80. The van der Waals surface area contributed by atoms with Crippen LogP contribution in [0.25, 0.3) is 0 Å². The van der Waals surface area contributed by atoms with Crippen LogP contribution in [0.15, 0.2) is 0 Å². The molecule has 1 saturated heterocycles. The van der Waals surface area contributed by atoms with Gasteiger partial charge >= 0.3 is 0 Å². The monoisotopic (exact) mass is 316 g/mol. The number of alkyl halides is 1. The molecule has 0 aromatic heterocycles. The van der Waals surface area contributed by atoms with Gasteiger partial charge in [0.25, 0.3) is 0 Å². The lowest BCUT2D eigenvalue weighted by Crippen LogP contribution is -2.59. The molecule has 0 bridgehead atoms. The van der Waals surface area contributed by atoms with Crippen molar-refractivity contribution in [3.8, 4) is 0 Å². The molecule has 0 spiro atoms. The van der Waals surface area contributed by atoms with Gasteiger partial charge in [-0.1, -0.05) is 22.6 Å². The summed E-state index contributed by atoms with van der Waals surface area (Å²) < 4.78 is 10.3. The SMILES string of the molecule is OC[C@H]1OC(OC[123I])[C@H](O)[C@@H](O)[C@H]1O. The van der Waals surface area contributed by atoms with Crippen molar-refractivity contribution < 1.29 is 29.9 Å². The highest BCUT2D eigenvalue weighted by atomic mass is 123. The lowest BCUT2D eigenvalue weighted by Gasteiger charge is -2.39. The van der Waals surface area contributed by atoms with E-state index in [0.29, 0.717) is 0 Å². The summed E-state index contributed by atoms with van der Waals surface area (Å²) in [6.45, 7) is -0.438. The number of halogens is 1. The van der Waals surface area contributed by atoms with Crippen LogP contribution in [0.1, 0.15) is 0 Å². The smallest absolute Gasteiger partial charge is 0.187 e. The summed E-state index contributed by atoms with van der Waals surface area (Å²) in [5, 5.41) is 36.9. The van der Waals surface area contributed by atoms with Crippen molar-refractivity contribution >= 4 is 22.6 Å². The molecule has 5 atom stereocenters. The van der Waals surface area contributed by atoms with Gasteiger partial charge in [0.15, 0.2) is 6.29 Å². The van der Waals surface area contributed by atoms with Crippen molar-refractivity contribution in [3.63, 3.8) is 0 Å². The van der Waals surface area contributed by atoms with Crippen LogP contribution in [0.2, 0.25) is 0 Å². The third-order valence-electron chi connectivity index (χ3n) is 2.08. The highest BCUT2D eigenvalue weighted by molar-refractivity contribution is 14.1. The van der Waals surface area contributed by atoms with Crippen molar-refractivity contribution in [2.24, 2.45) is 0 Å². The zero-order valence-corrected chi connectivity index (χ0v) is 9.44. The lowest BCUT2D eigenvalue weighted by molar-refractivity contribution is -0.295. The van der Waals surface area contributed by atoms with Crippen LogP contribution >= 0.6 is 22.6 Å². The molecule has 84 valence electrons. The first-order valence-corrected chi connectivity index (χ1v) is 5.62. The highest BCUT2D eigenvalue weighted by Gasteiger charge is 2.43. The third-order valence-corrected chi connectivity index (χ3v) is 2.44. The summed E-state index contributed by atoms with van der Waals surface area (Å²) in [6, 6.07) is 0. The van der Waals surface area contributed by atoms with Gasteiger partial charge in [-0.25, -0.2) is 0 Å². The lowest BCUT2D eigenvalue weighted by atomic mass is 9.99. The van der Waals surface area contributed by atoms with Crippen molar-refractivity contribution in [1.82, 2.24) is 0 Å². The fourth-order valence-electron chi connectivity index (χ4n) is 1.27. The standard InChI is InChI=1S/C7H13IO6/c8-2-13-7-6(12)5(11)4(10)3(1-9)14-7/h3-7,9-12H,1-2H2/t3-,4+,5+,6-,7?/m1/s1/i8-4. The van der Waals surface area contributed by atoms with Gasteiger partial charge in [0, 0.05) is 0 Å². The molecule has 0 aliphatic carbocycles. The second-order valence-electron chi connectivity index (χ2n) is 2.97. The first-order chi connectivity index (χ1) is 6.61. The van der Waals surface area contributed by atoms with Gasteiger partial charge in [-0.15, -0.1) is 0 Å². The first-order valence-electron chi connectivity index (χ1n) is 4.10. The van der Waals surface area contributed by atoms with Crippen LogP contribution in [-0.4, -0.2) is 62.4 Å². The maximum Gasteiger partial charge on any atom is 0.187 e. The van der Waals surface area contributed by atoms with Crippen molar-refractivity contribution in [2.75, 3.05) is 11.2 Å². The molecule has 4 N–H and O–H groups in total. The van der Waals surface area contributed by atoms with Gasteiger partial charge in [-0.3, -0.25) is 0 Å². The van der Waals surface area contributed by atoms with Gasteiger partial charge in [0.1, 0.15) is 29.0 Å². The van der Waals surface area contributed by atoms with Crippen LogP contribution in [-0.2, 0) is 9.47 Å². The number of rotatable bonds is 3. The molecule has 0 saturated carbocycles. The molecule has 0 aromatic rings. The number of ether oxygens (including phenoxy) is 2. The molecule has 1 fully saturated rings. The van der Waals surface area contributed by atoms with E-state index in [4.69, 9.17) is 14.6 Å². The Balaban J connectivity index is 2.63. The molecule has 7 heteroatoms. The van der Waals surface area contributed by atoms with Crippen LogP contribution in [0.3, 0.4) is 0 Å². The second-order valence-corrected chi connectivity index (χ2v) is 3.60. The van der Waals surface area contributed by atoms with Crippen molar-refractivity contribution in [2.45, 2.75) is 30.7 Å². The molecular formula is C7H13IO6. The van der Waals surface area contributed by atoms with Crippen LogP contribution in [0.4, 0.5) is 0 Å². The fraction of sp³-hybridized carbons (Fsp3) is 1.00. The molecule has 14 heavy (non-hydrogen) atoms. The Morgan fingerprint density at radius 3 is 2.29 bits per heavy atom. The van der Waals surface area contributed by atoms with E-state index in [2.05, 4.69) is 0 Å². The summed E-state index contributed by atoms with van der Waals surface area (Å²) in [5.74, 6) is 0. The summed E-state index contributed by atoms with van der Waals surface area (Å²) in [5.41, 5.74) is 0. The summed E-state index contributed by atoms with van der Waals surface area (Å²) in [6.07, 6.45) is -5.91. The normalized spacial score (nSPS) is 43.9. The van der Waals surface area contributed by atoms with Crippen LogP contribution in [0, 0.1) is 0 Å². The summed E-state index contributed by atoms with van der Waals surface area (Å²) >= 11 is 1.91. The molecule has 1 aliphatic rings. The van der Waals surface area contributed by atoms with E-state index < -0.39 is 37.3 Å². The highest BCUT2D eigenvalue weighted by Crippen LogP contribution is 2.22. The number of hydrogen-bond acceptors (Lipinski definition) is 6. The Morgan fingerprint density at radius 2 is 1.79 bits per heavy atom. The van der Waals surface area contributed by atoms with E-state index in [1.807, 2.05) is 22.6 Å². The average molecular weight is 316 g/mol. The molecule has 6 nitrogen and oxygen atoms in total. The third kappa shape index (κ3) is 2.54. The number of aliphatic hydroxyl groups is 4. The predicted molar refractivity (Wildman–Crippen MR) is 53.7 cm³/mol. The van der Waals surface area contributed by atoms with Crippen molar-refractivity contribution in [3.05, 3.63) is 0 Å². The molecule has 1 aliphatic heterocycles. The largest absolute Gasteiger partial charge is 0.394 e. The quantitative estimate of drug-likeness (QED) is 0.362. The Labute approximate surface area is 94.6 Å². The first kappa shape index (κ1) is 12.6. The fourth-order valence-corrected chi connectivity index (χ4v) is 1.62. The second kappa shape index (κ2) is 5.54. The van der Waals surface area contributed by atoms with Gasteiger partial charge in [-0.2, -0.15) is 0 Å². The zero-order chi connectivity index (χ0) is 10.7. The number of aliphatic hydroxyl groups excluding tert-OH is 4. The Morgan fingerprint density at radius 1 is 1.14 bits per heavy atom. The summed E-state index contributed by atoms with van der Waals surface area (Å²) in [4.78, 5) is 0. The minimum absolute atomic E-state index is 0.278. The maximum atomic E-state index is 9.41. The average Bonchev–Trinajstić information content (AvgIpc) is 2.19. The Kier molecular flexibility index (Phi) is 4.97. The summed E-state index contributed by atoms with van der Waals surface area (Å²) in [7, 11) is 0. The van der Waals surface area contributed by atoms with E-state index in [1.54, 1.807) is 0 Å². The minimum atomic E-state index is -1.37. The number of hydrogen-bond donors (Lipinski definition) is 4. The zero-order valence-electron chi connectivity index (χ0n) is 7.28. The van der Waals surface area contributed by atoms with E-state index in [9.17, 15) is 15.3 Å². The molecule has 1 unspecified atom stereocenters. The molecule has 0 amide bonds. The topological polar surface area (TPSA) is 99.4 Å².